The van der Waals surface area contributed by atoms with Crippen molar-refractivity contribution in [2.45, 2.75) is 52.1 Å². The molecule has 2 rings (SSSR count). The van der Waals surface area contributed by atoms with Crippen molar-refractivity contribution in [1.82, 2.24) is 4.90 Å². The molecule has 2 nitrogen and oxygen atoms in total. The van der Waals surface area contributed by atoms with Gasteiger partial charge in [-0.25, -0.2) is 0 Å². The average molecular weight is 246 g/mol. The summed E-state index contributed by atoms with van der Waals surface area (Å²) in [5, 5.41) is 0. The zero-order valence-electron chi connectivity index (χ0n) is 11.9. The van der Waals surface area contributed by atoms with Gasteiger partial charge in [0.05, 0.1) is 0 Å². The van der Waals surface area contributed by atoms with Crippen molar-refractivity contribution in [2.24, 2.45) is 5.73 Å². The lowest BCUT2D eigenvalue weighted by Crippen LogP contribution is -2.36. The van der Waals surface area contributed by atoms with E-state index in [1.165, 1.54) is 42.5 Å². The van der Waals surface area contributed by atoms with Gasteiger partial charge >= 0.3 is 0 Å². The fourth-order valence-electron chi connectivity index (χ4n) is 2.69. The van der Waals surface area contributed by atoms with E-state index in [2.05, 4.69) is 43.9 Å². The number of rotatable bonds is 6. The molecule has 1 atom stereocenters. The van der Waals surface area contributed by atoms with E-state index < -0.39 is 0 Å². The van der Waals surface area contributed by atoms with Crippen LogP contribution < -0.4 is 5.73 Å². The quantitative estimate of drug-likeness (QED) is 0.835. The maximum absolute atomic E-state index is 6.05. The molecule has 0 aliphatic heterocycles. The SMILES string of the molecule is CCCN(C1CC1)C(CN)c1ccc(C)c(C)c1. The third-order valence-corrected chi connectivity index (χ3v) is 4.04. The van der Waals surface area contributed by atoms with Crippen molar-refractivity contribution < 1.29 is 0 Å². The lowest BCUT2D eigenvalue weighted by molar-refractivity contribution is 0.191. The molecule has 2 heteroatoms. The van der Waals surface area contributed by atoms with Crippen LogP contribution in [0.3, 0.4) is 0 Å². The molecule has 1 unspecified atom stereocenters. The number of aryl methyl sites for hydroxylation is 2. The minimum absolute atomic E-state index is 0.400. The minimum Gasteiger partial charge on any atom is -0.329 e. The molecular weight excluding hydrogens is 220 g/mol. The van der Waals surface area contributed by atoms with E-state index in [9.17, 15) is 0 Å². The van der Waals surface area contributed by atoms with E-state index in [1.807, 2.05) is 0 Å². The van der Waals surface area contributed by atoms with Gasteiger partial charge in [-0.2, -0.15) is 0 Å². The molecule has 2 N–H and O–H groups in total. The summed E-state index contributed by atoms with van der Waals surface area (Å²) in [6.07, 6.45) is 3.90. The Kier molecular flexibility index (Phi) is 4.41. The Morgan fingerprint density at radius 1 is 1.28 bits per heavy atom. The standard InChI is InChI=1S/C16H26N2/c1-4-9-18(15-7-8-15)16(11-17)14-6-5-12(2)13(3)10-14/h5-6,10,15-16H,4,7-9,11,17H2,1-3H3. The molecule has 1 fully saturated rings. The van der Waals surface area contributed by atoms with Gasteiger partial charge in [0.1, 0.15) is 0 Å². The third-order valence-electron chi connectivity index (χ3n) is 4.04. The zero-order valence-corrected chi connectivity index (χ0v) is 11.9. The van der Waals surface area contributed by atoms with Crippen LogP contribution in [0.15, 0.2) is 18.2 Å². The van der Waals surface area contributed by atoms with Crippen LogP contribution in [0, 0.1) is 13.8 Å². The highest BCUT2D eigenvalue weighted by molar-refractivity contribution is 5.32. The molecular formula is C16H26N2. The monoisotopic (exact) mass is 246 g/mol. The molecule has 1 aromatic carbocycles. The minimum atomic E-state index is 0.400. The third kappa shape index (κ3) is 2.93. The summed E-state index contributed by atoms with van der Waals surface area (Å²) in [4.78, 5) is 2.62. The van der Waals surface area contributed by atoms with Crippen molar-refractivity contribution >= 4 is 0 Å². The van der Waals surface area contributed by atoms with E-state index >= 15 is 0 Å². The predicted octanol–water partition coefficient (Wildman–Crippen LogP) is 3.18. The number of nitrogens with two attached hydrogens (primary N) is 1. The Labute approximate surface area is 111 Å². The van der Waals surface area contributed by atoms with Crippen molar-refractivity contribution in [1.29, 1.82) is 0 Å². The Balaban J connectivity index is 2.22. The normalized spacial score (nSPS) is 17.2. The Bertz CT molecular complexity index is 396. The lowest BCUT2D eigenvalue weighted by atomic mass is 9.99. The van der Waals surface area contributed by atoms with E-state index in [1.54, 1.807) is 0 Å². The predicted molar refractivity (Wildman–Crippen MR) is 77.7 cm³/mol. The van der Waals surface area contributed by atoms with Crippen LogP contribution in [0.1, 0.15) is 48.9 Å². The summed E-state index contributed by atoms with van der Waals surface area (Å²) in [5.74, 6) is 0. The molecule has 0 aromatic heterocycles. The lowest BCUT2D eigenvalue weighted by Gasteiger charge is -2.31. The first-order chi connectivity index (χ1) is 8.67. The molecule has 1 saturated carbocycles. The molecule has 0 heterocycles. The van der Waals surface area contributed by atoms with Gasteiger partial charge in [-0.1, -0.05) is 25.1 Å². The highest BCUT2D eigenvalue weighted by Gasteiger charge is 2.33. The first kappa shape index (κ1) is 13.6. The summed E-state index contributed by atoms with van der Waals surface area (Å²) in [6.45, 7) is 8.50. The summed E-state index contributed by atoms with van der Waals surface area (Å²) in [5.41, 5.74) is 10.2. The largest absolute Gasteiger partial charge is 0.329 e. The first-order valence-electron chi connectivity index (χ1n) is 7.20. The molecule has 18 heavy (non-hydrogen) atoms. The first-order valence-corrected chi connectivity index (χ1v) is 7.20. The van der Waals surface area contributed by atoms with Crippen LogP contribution in [0.4, 0.5) is 0 Å². The van der Waals surface area contributed by atoms with E-state index in [-0.39, 0.29) is 0 Å². The topological polar surface area (TPSA) is 29.3 Å². The molecule has 0 radical (unpaired) electrons. The van der Waals surface area contributed by atoms with Crippen LogP contribution in [-0.2, 0) is 0 Å². The van der Waals surface area contributed by atoms with Crippen molar-refractivity contribution in [3.63, 3.8) is 0 Å². The maximum Gasteiger partial charge on any atom is 0.0473 e. The molecule has 0 saturated heterocycles. The van der Waals surface area contributed by atoms with Crippen LogP contribution in [0.2, 0.25) is 0 Å². The van der Waals surface area contributed by atoms with E-state index in [0.29, 0.717) is 6.04 Å². The molecule has 100 valence electrons. The van der Waals surface area contributed by atoms with Gasteiger partial charge in [-0.05, 0) is 56.3 Å². The zero-order chi connectivity index (χ0) is 13.1. The summed E-state index contributed by atoms with van der Waals surface area (Å²) in [7, 11) is 0. The Hall–Kier alpha value is -0.860. The van der Waals surface area contributed by atoms with E-state index in [4.69, 9.17) is 5.73 Å². The van der Waals surface area contributed by atoms with Gasteiger partial charge in [0.2, 0.25) is 0 Å². The average Bonchev–Trinajstić information content (AvgIpc) is 3.17. The van der Waals surface area contributed by atoms with Crippen LogP contribution in [0.25, 0.3) is 0 Å². The molecule has 0 bridgehead atoms. The number of nitrogens with zero attached hydrogens (tertiary/aromatic N) is 1. The maximum atomic E-state index is 6.05. The van der Waals surface area contributed by atoms with Gasteiger partial charge in [0.25, 0.3) is 0 Å². The number of benzene rings is 1. The van der Waals surface area contributed by atoms with Crippen molar-refractivity contribution in [3.05, 3.63) is 34.9 Å². The molecule has 1 aliphatic carbocycles. The Morgan fingerprint density at radius 2 is 2.00 bits per heavy atom. The molecule has 1 aromatic rings. The fourth-order valence-corrected chi connectivity index (χ4v) is 2.69. The summed E-state index contributed by atoms with van der Waals surface area (Å²) < 4.78 is 0. The molecule has 0 spiro atoms. The van der Waals surface area contributed by atoms with Crippen molar-refractivity contribution in [3.8, 4) is 0 Å². The van der Waals surface area contributed by atoms with Gasteiger partial charge in [0, 0.05) is 18.6 Å². The van der Waals surface area contributed by atoms with Gasteiger partial charge in [-0.15, -0.1) is 0 Å². The van der Waals surface area contributed by atoms with Gasteiger partial charge in [-0.3, -0.25) is 4.90 Å². The highest BCUT2D eigenvalue weighted by Crippen LogP contribution is 2.34. The molecule has 0 amide bonds. The second-order valence-corrected chi connectivity index (χ2v) is 5.56. The van der Waals surface area contributed by atoms with Crippen LogP contribution >= 0.6 is 0 Å². The highest BCUT2D eigenvalue weighted by atomic mass is 15.2. The van der Waals surface area contributed by atoms with Crippen molar-refractivity contribution in [2.75, 3.05) is 13.1 Å². The smallest absolute Gasteiger partial charge is 0.0473 e. The van der Waals surface area contributed by atoms with E-state index in [0.717, 1.165) is 12.6 Å². The second-order valence-electron chi connectivity index (χ2n) is 5.56. The summed E-state index contributed by atoms with van der Waals surface area (Å²) in [6, 6.07) is 7.98. The Morgan fingerprint density at radius 3 is 2.50 bits per heavy atom. The number of hydrogen-bond acceptors (Lipinski definition) is 2. The molecule has 1 aliphatic rings. The van der Waals surface area contributed by atoms with Crippen LogP contribution in [-0.4, -0.2) is 24.0 Å². The van der Waals surface area contributed by atoms with Crippen LogP contribution in [0.5, 0.6) is 0 Å². The second kappa shape index (κ2) is 5.85. The fraction of sp³-hybridized carbons (Fsp3) is 0.625. The summed E-state index contributed by atoms with van der Waals surface area (Å²) >= 11 is 0. The van der Waals surface area contributed by atoms with Gasteiger partial charge in [0.15, 0.2) is 0 Å². The van der Waals surface area contributed by atoms with Gasteiger partial charge < -0.3 is 5.73 Å². The number of hydrogen-bond donors (Lipinski definition) is 1.